The molecule has 2 aromatic heterocycles. The van der Waals surface area contributed by atoms with E-state index >= 15 is 0 Å². The van der Waals surface area contributed by atoms with E-state index in [0.717, 1.165) is 83.1 Å². The van der Waals surface area contributed by atoms with Crippen LogP contribution in [0.5, 0.6) is 11.5 Å². The Labute approximate surface area is 242 Å². The summed E-state index contributed by atoms with van der Waals surface area (Å²) < 4.78 is 11.3. The normalized spacial score (nSPS) is 14.5. The van der Waals surface area contributed by atoms with Crippen molar-refractivity contribution < 1.29 is 9.47 Å². The Morgan fingerprint density at radius 1 is 0.725 bits per heavy atom. The summed E-state index contributed by atoms with van der Waals surface area (Å²) >= 11 is 14.1. The molecular weight excluding hydrogens is 545 g/mol. The van der Waals surface area contributed by atoms with Crippen LogP contribution in [0.15, 0.2) is 70.9 Å². The minimum absolute atomic E-state index is 0.569. The highest BCUT2D eigenvalue weighted by Crippen LogP contribution is 2.43. The number of hydrogen-bond donors (Lipinski definition) is 1. The highest BCUT2D eigenvalue weighted by Gasteiger charge is 2.21. The van der Waals surface area contributed by atoms with Crippen LogP contribution < -0.4 is 14.8 Å². The Hall–Kier alpha value is -3.94. The molecule has 4 aromatic rings. The number of hydrogen-bond acceptors (Lipinski definition) is 7. The number of methoxy groups -OCH3 is 2. The van der Waals surface area contributed by atoms with Crippen LogP contribution in [0.2, 0.25) is 10.0 Å². The van der Waals surface area contributed by atoms with E-state index in [1.807, 2.05) is 54.7 Å². The maximum absolute atomic E-state index is 7.05. The average molecular weight is 572 g/mol. The summed E-state index contributed by atoms with van der Waals surface area (Å²) in [6, 6.07) is 15.7. The molecule has 0 fully saturated rings. The summed E-state index contributed by atoms with van der Waals surface area (Å²) in [7, 11) is 3.28. The molecule has 0 atom stereocenters. The fourth-order valence-corrected chi connectivity index (χ4v) is 5.78. The van der Waals surface area contributed by atoms with Crippen molar-refractivity contribution in [1.82, 2.24) is 15.3 Å². The Kier molecular flexibility index (Phi) is 7.41. The quantitative estimate of drug-likeness (QED) is 0.266. The van der Waals surface area contributed by atoms with E-state index in [1.165, 1.54) is 0 Å². The zero-order chi connectivity index (χ0) is 27.6. The highest BCUT2D eigenvalue weighted by atomic mass is 35.5. The van der Waals surface area contributed by atoms with Gasteiger partial charge in [0.15, 0.2) is 5.84 Å². The summed E-state index contributed by atoms with van der Waals surface area (Å²) in [6.07, 6.45) is 5.56. The lowest BCUT2D eigenvalue weighted by molar-refractivity contribution is 0.412. The van der Waals surface area contributed by atoms with Crippen LogP contribution in [0.4, 0.5) is 0 Å². The summed E-state index contributed by atoms with van der Waals surface area (Å²) in [5, 5.41) is 4.39. The number of pyridine rings is 2. The van der Waals surface area contributed by atoms with Crippen LogP contribution in [0.1, 0.15) is 24.2 Å². The van der Waals surface area contributed by atoms with Gasteiger partial charge >= 0.3 is 0 Å². The lowest BCUT2D eigenvalue weighted by Crippen LogP contribution is -2.21. The van der Waals surface area contributed by atoms with Gasteiger partial charge in [0, 0.05) is 58.9 Å². The largest absolute Gasteiger partial charge is 0.494 e. The summed E-state index contributed by atoms with van der Waals surface area (Å²) in [6.45, 7) is 2.34. The van der Waals surface area contributed by atoms with E-state index in [2.05, 4.69) is 20.3 Å². The van der Waals surface area contributed by atoms with Gasteiger partial charge in [0.1, 0.15) is 22.9 Å². The minimum atomic E-state index is 0.569. The van der Waals surface area contributed by atoms with Crippen LogP contribution >= 0.6 is 23.2 Å². The van der Waals surface area contributed by atoms with E-state index < -0.39 is 0 Å². The Morgan fingerprint density at radius 2 is 1.30 bits per heavy atom. The molecule has 2 aliphatic rings. The molecule has 0 aliphatic carbocycles. The lowest BCUT2D eigenvalue weighted by atomic mass is 9.96. The van der Waals surface area contributed by atoms with Gasteiger partial charge in [0.25, 0.3) is 0 Å². The van der Waals surface area contributed by atoms with Crippen LogP contribution in [-0.4, -0.2) is 55.4 Å². The molecule has 4 heterocycles. The second kappa shape index (κ2) is 11.3. The van der Waals surface area contributed by atoms with Crippen molar-refractivity contribution in [1.29, 1.82) is 0 Å². The highest BCUT2D eigenvalue weighted by molar-refractivity contribution is 6.39. The second-order valence-corrected chi connectivity index (χ2v) is 10.2. The van der Waals surface area contributed by atoms with Gasteiger partial charge < -0.3 is 14.8 Å². The van der Waals surface area contributed by atoms with Crippen molar-refractivity contribution in [3.63, 3.8) is 0 Å². The molecule has 0 spiro atoms. The van der Waals surface area contributed by atoms with Crippen molar-refractivity contribution in [2.24, 2.45) is 9.98 Å². The first-order chi connectivity index (χ1) is 19.6. The van der Waals surface area contributed by atoms with Crippen LogP contribution in [0.25, 0.3) is 33.4 Å². The average Bonchev–Trinajstić information content (AvgIpc) is 3.72. The number of ether oxygens (including phenoxy) is 2. The number of amidine groups is 1. The van der Waals surface area contributed by atoms with Crippen LogP contribution in [0.3, 0.4) is 0 Å². The Bertz CT molecular complexity index is 1550. The fraction of sp³-hybridized carbons (Fsp3) is 0.226. The van der Waals surface area contributed by atoms with Gasteiger partial charge in [0.2, 0.25) is 0 Å². The Balaban J connectivity index is 1.39. The third-order valence-corrected chi connectivity index (χ3v) is 7.92. The molecule has 9 heteroatoms. The Morgan fingerprint density at radius 3 is 1.82 bits per heavy atom. The van der Waals surface area contributed by atoms with Gasteiger partial charge in [-0.25, -0.2) is 4.98 Å². The molecule has 0 radical (unpaired) electrons. The number of aliphatic imine (C=N–C) groups is 2. The molecule has 40 heavy (non-hydrogen) atoms. The maximum Gasteiger partial charge on any atom is 0.151 e. The summed E-state index contributed by atoms with van der Waals surface area (Å²) in [5.41, 5.74) is 7.43. The van der Waals surface area contributed by atoms with Gasteiger partial charge in [0.05, 0.1) is 36.5 Å². The number of aromatic nitrogens is 2. The first-order valence-corrected chi connectivity index (χ1v) is 13.8. The third kappa shape index (κ3) is 4.80. The van der Waals surface area contributed by atoms with Gasteiger partial charge in [-0.05, 0) is 25.0 Å². The van der Waals surface area contributed by atoms with Crippen molar-refractivity contribution in [3.05, 3.63) is 82.4 Å². The maximum atomic E-state index is 7.05. The fourth-order valence-electron chi connectivity index (χ4n) is 5.10. The van der Waals surface area contributed by atoms with E-state index in [9.17, 15) is 0 Å². The molecule has 0 saturated heterocycles. The van der Waals surface area contributed by atoms with E-state index in [-0.39, 0.29) is 0 Å². The van der Waals surface area contributed by atoms with Gasteiger partial charge in [-0.15, -0.1) is 0 Å². The molecule has 7 nitrogen and oxygen atoms in total. The molecule has 2 aromatic carbocycles. The van der Waals surface area contributed by atoms with Gasteiger partial charge in [-0.2, -0.15) is 0 Å². The first-order valence-electron chi connectivity index (χ1n) is 13.1. The molecule has 1 N–H and O–H groups in total. The van der Waals surface area contributed by atoms with Crippen LogP contribution in [0, 0.1) is 0 Å². The number of nitrogens with one attached hydrogen (secondary N) is 1. The number of benzene rings is 2. The monoisotopic (exact) mass is 571 g/mol. The lowest BCUT2D eigenvalue weighted by Gasteiger charge is -2.16. The minimum Gasteiger partial charge on any atom is -0.494 e. The molecule has 0 bridgehead atoms. The second-order valence-electron chi connectivity index (χ2n) is 9.47. The van der Waals surface area contributed by atoms with Gasteiger partial charge in [-0.3, -0.25) is 15.0 Å². The SMILES string of the molecule is COc1cc(-c2cccc(-c3cccc(-c4cnc(C5=NCCN5)c(OC)c4)c3Cl)c2Cl)cnc1C1=NCCC1. The molecule has 2 aliphatic heterocycles. The van der Waals surface area contributed by atoms with Crippen LogP contribution in [-0.2, 0) is 0 Å². The zero-order valence-corrected chi connectivity index (χ0v) is 23.7. The summed E-state index contributed by atoms with van der Waals surface area (Å²) in [5.74, 6) is 2.05. The molecular formula is C31H27Cl2N5O2. The van der Waals surface area contributed by atoms with Crippen molar-refractivity contribution in [2.45, 2.75) is 12.8 Å². The predicted octanol–water partition coefficient (Wildman–Crippen LogP) is 6.73. The van der Waals surface area contributed by atoms with E-state index in [4.69, 9.17) is 37.7 Å². The standard InChI is InChI=1S/C31H27Cl2N5O2/c1-39-25-14-18(16-37-29(25)24-10-5-11-34-24)20-6-3-8-22(27(20)32)23-9-4-7-21(28(23)33)19-15-26(40-2)30(38-17-19)31-35-12-13-36-31/h3-4,6-9,14-17H,5,10-13H2,1-2H3,(H,35,36). The number of halogens is 2. The van der Waals surface area contributed by atoms with Gasteiger partial charge in [-0.1, -0.05) is 59.6 Å². The van der Waals surface area contributed by atoms with Crippen molar-refractivity contribution in [3.8, 4) is 44.9 Å². The first kappa shape index (κ1) is 26.3. The predicted molar refractivity (Wildman–Crippen MR) is 162 cm³/mol. The van der Waals surface area contributed by atoms with E-state index in [0.29, 0.717) is 27.2 Å². The van der Waals surface area contributed by atoms with Crippen molar-refractivity contribution in [2.75, 3.05) is 33.9 Å². The number of rotatable bonds is 7. The molecule has 0 unspecified atom stereocenters. The van der Waals surface area contributed by atoms with Crippen molar-refractivity contribution >= 4 is 34.7 Å². The number of nitrogens with zero attached hydrogens (tertiary/aromatic N) is 4. The third-order valence-electron chi connectivity index (χ3n) is 7.10. The molecule has 202 valence electrons. The summed E-state index contributed by atoms with van der Waals surface area (Å²) in [4.78, 5) is 18.4. The topological polar surface area (TPSA) is 81.0 Å². The molecule has 0 saturated carbocycles. The smallest absolute Gasteiger partial charge is 0.151 e. The molecule has 0 amide bonds. The van der Waals surface area contributed by atoms with E-state index in [1.54, 1.807) is 20.4 Å². The zero-order valence-electron chi connectivity index (χ0n) is 22.2. The molecule has 6 rings (SSSR count).